The van der Waals surface area contributed by atoms with Crippen LogP contribution >= 0.6 is 0 Å². The van der Waals surface area contributed by atoms with Crippen LogP contribution in [0.2, 0.25) is 0 Å². The van der Waals surface area contributed by atoms with Gasteiger partial charge < -0.3 is 15.4 Å². The minimum atomic E-state index is -0.294. The van der Waals surface area contributed by atoms with Gasteiger partial charge in [0.25, 0.3) is 5.91 Å². The van der Waals surface area contributed by atoms with Crippen LogP contribution < -0.4 is 15.4 Å². The zero-order valence-corrected chi connectivity index (χ0v) is 18.2. The van der Waals surface area contributed by atoms with E-state index < -0.39 is 0 Å². The lowest BCUT2D eigenvalue weighted by molar-refractivity contribution is -0.117. The molecule has 0 aliphatic heterocycles. The fraction of sp³-hybridized carbons (Fsp3) is 0.208. The molecule has 2 amide bonds. The summed E-state index contributed by atoms with van der Waals surface area (Å²) in [6.07, 6.45) is 5.11. The first-order valence-electron chi connectivity index (χ1n) is 10.6. The zero-order chi connectivity index (χ0) is 22.9. The minimum absolute atomic E-state index is 0.00928. The molecule has 0 radical (unpaired) electrons. The third-order valence-corrected chi connectivity index (χ3v) is 5.32. The maximum atomic E-state index is 12.6. The highest BCUT2D eigenvalue weighted by molar-refractivity contribution is 6.03. The number of carbonyl (C=O) groups excluding carboxylic acids is 2. The molecule has 1 aliphatic carbocycles. The van der Waals surface area contributed by atoms with Gasteiger partial charge >= 0.3 is 0 Å². The Labute approximate surface area is 189 Å². The molecule has 2 N–H and O–H groups in total. The molecule has 0 atom stereocenters. The van der Waals surface area contributed by atoms with Gasteiger partial charge in [0.05, 0.1) is 6.20 Å². The van der Waals surface area contributed by atoms with E-state index in [1.54, 1.807) is 47.2 Å². The number of carbonyl (C=O) groups is 2. The lowest BCUT2D eigenvalue weighted by Crippen LogP contribution is -2.14. The van der Waals surface area contributed by atoms with Gasteiger partial charge in [0.2, 0.25) is 11.8 Å². The second kappa shape index (κ2) is 8.34. The van der Waals surface area contributed by atoms with Gasteiger partial charge in [0.15, 0.2) is 11.5 Å². The van der Waals surface area contributed by atoms with E-state index in [4.69, 9.17) is 4.74 Å². The molecule has 0 spiro atoms. The number of hydrogen-bond donors (Lipinski definition) is 2. The van der Waals surface area contributed by atoms with Crippen molar-refractivity contribution < 1.29 is 14.3 Å². The summed E-state index contributed by atoms with van der Waals surface area (Å²) in [7, 11) is 0. The normalized spacial score (nSPS) is 13.0. The predicted octanol–water partition coefficient (Wildman–Crippen LogP) is 4.13. The first-order chi connectivity index (χ1) is 15.9. The number of nitrogens with zero attached hydrogens (tertiary/aromatic N) is 4. The van der Waals surface area contributed by atoms with Crippen LogP contribution in [0.4, 0.5) is 11.5 Å². The summed E-state index contributed by atoms with van der Waals surface area (Å²) < 4.78 is 7.47. The van der Waals surface area contributed by atoms with Gasteiger partial charge in [-0.05, 0) is 62.1 Å². The molecule has 1 aromatic carbocycles. The van der Waals surface area contributed by atoms with Gasteiger partial charge in [-0.15, -0.1) is 5.10 Å². The van der Waals surface area contributed by atoms with E-state index in [0.29, 0.717) is 34.5 Å². The summed E-state index contributed by atoms with van der Waals surface area (Å²) in [6, 6.07) is 12.4. The van der Waals surface area contributed by atoms with Crippen molar-refractivity contribution in [2.45, 2.75) is 26.7 Å². The Balaban J connectivity index is 1.32. The Hall–Kier alpha value is -4.27. The summed E-state index contributed by atoms with van der Waals surface area (Å²) >= 11 is 0. The number of rotatable bonds is 6. The predicted molar refractivity (Wildman–Crippen MR) is 123 cm³/mol. The molecular weight excluding hydrogens is 420 g/mol. The van der Waals surface area contributed by atoms with Crippen molar-refractivity contribution in [3.8, 4) is 11.6 Å². The smallest absolute Gasteiger partial charge is 0.274 e. The van der Waals surface area contributed by atoms with E-state index in [-0.39, 0.29) is 17.7 Å². The van der Waals surface area contributed by atoms with E-state index in [2.05, 4.69) is 25.7 Å². The van der Waals surface area contributed by atoms with Crippen LogP contribution in [0.1, 0.15) is 34.5 Å². The number of amides is 2. The van der Waals surface area contributed by atoms with Crippen molar-refractivity contribution in [2.75, 3.05) is 10.6 Å². The van der Waals surface area contributed by atoms with Crippen LogP contribution in [0.5, 0.6) is 11.6 Å². The molecule has 0 unspecified atom stereocenters. The number of hydrogen-bond acceptors (Lipinski definition) is 6. The van der Waals surface area contributed by atoms with E-state index in [1.807, 2.05) is 26.0 Å². The van der Waals surface area contributed by atoms with Gasteiger partial charge in [-0.25, -0.2) is 9.50 Å². The highest BCUT2D eigenvalue weighted by Gasteiger charge is 2.30. The van der Waals surface area contributed by atoms with E-state index in [1.165, 1.54) is 0 Å². The number of nitrogens with one attached hydrogen (secondary N) is 2. The molecule has 9 heteroatoms. The molecule has 33 heavy (non-hydrogen) atoms. The Bertz CT molecular complexity index is 1380. The van der Waals surface area contributed by atoms with E-state index in [9.17, 15) is 9.59 Å². The van der Waals surface area contributed by atoms with Crippen LogP contribution in [-0.4, -0.2) is 31.4 Å². The molecule has 4 aromatic rings. The average Bonchev–Trinajstić information content (AvgIpc) is 3.57. The summed E-state index contributed by atoms with van der Waals surface area (Å²) in [6.45, 7) is 3.81. The molecule has 1 saturated carbocycles. The van der Waals surface area contributed by atoms with Gasteiger partial charge in [-0.3, -0.25) is 14.6 Å². The summed E-state index contributed by atoms with van der Waals surface area (Å²) in [5, 5.41) is 10.1. The maximum Gasteiger partial charge on any atom is 0.274 e. The van der Waals surface area contributed by atoms with Crippen molar-refractivity contribution >= 4 is 29.0 Å². The van der Waals surface area contributed by atoms with E-state index >= 15 is 0 Å². The molecule has 5 rings (SSSR count). The third-order valence-electron chi connectivity index (χ3n) is 5.32. The molecule has 166 valence electrons. The van der Waals surface area contributed by atoms with Crippen molar-refractivity contribution in [1.29, 1.82) is 0 Å². The van der Waals surface area contributed by atoms with Gasteiger partial charge in [0, 0.05) is 29.9 Å². The van der Waals surface area contributed by atoms with Crippen LogP contribution in [-0.2, 0) is 4.79 Å². The Morgan fingerprint density at radius 1 is 1.06 bits per heavy atom. The van der Waals surface area contributed by atoms with Crippen molar-refractivity contribution in [2.24, 2.45) is 5.92 Å². The third kappa shape index (κ3) is 4.67. The summed E-state index contributed by atoms with van der Waals surface area (Å²) in [4.78, 5) is 33.0. The number of fused-ring (bicyclic) bond motifs is 1. The highest BCUT2D eigenvalue weighted by atomic mass is 16.5. The number of benzene rings is 1. The van der Waals surface area contributed by atoms with Gasteiger partial charge in [-0.2, -0.15) is 0 Å². The molecule has 9 nitrogen and oxygen atoms in total. The van der Waals surface area contributed by atoms with Crippen LogP contribution in [0.3, 0.4) is 0 Å². The monoisotopic (exact) mass is 442 g/mol. The lowest BCUT2D eigenvalue weighted by atomic mass is 10.2. The number of ether oxygens (including phenoxy) is 1. The minimum Gasteiger partial charge on any atom is -0.438 e. The lowest BCUT2D eigenvalue weighted by Gasteiger charge is -2.11. The Kier molecular flexibility index (Phi) is 5.21. The van der Waals surface area contributed by atoms with Crippen LogP contribution in [0.25, 0.3) is 5.65 Å². The fourth-order valence-corrected chi connectivity index (χ4v) is 3.32. The number of imidazole rings is 1. The number of pyridine rings is 1. The fourth-order valence-electron chi connectivity index (χ4n) is 3.32. The molecule has 0 bridgehead atoms. The van der Waals surface area contributed by atoms with Gasteiger partial charge in [0.1, 0.15) is 11.4 Å². The highest BCUT2D eigenvalue weighted by Crippen LogP contribution is 2.30. The van der Waals surface area contributed by atoms with Crippen molar-refractivity contribution in [3.05, 3.63) is 71.7 Å². The zero-order valence-electron chi connectivity index (χ0n) is 18.2. The van der Waals surface area contributed by atoms with Crippen LogP contribution in [0, 0.1) is 19.8 Å². The van der Waals surface area contributed by atoms with Crippen LogP contribution in [0.15, 0.2) is 54.9 Å². The maximum absolute atomic E-state index is 12.6. The molecule has 1 fully saturated rings. The van der Waals surface area contributed by atoms with E-state index in [0.717, 1.165) is 24.0 Å². The largest absolute Gasteiger partial charge is 0.438 e. The Morgan fingerprint density at radius 2 is 1.91 bits per heavy atom. The Morgan fingerprint density at radius 3 is 2.70 bits per heavy atom. The number of anilines is 2. The topological polar surface area (TPSA) is 111 Å². The second-order valence-corrected chi connectivity index (χ2v) is 8.12. The molecule has 3 aromatic heterocycles. The SMILES string of the molecule is Cc1ccnc(C(=O)Nc2cc(Oc3ccc4nc(NC(=O)C5CC5)cn4n3)ccc2C)c1. The van der Waals surface area contributed by atoms with Gasteiger partial charge in [-0.1, -0.05) is 6.07 Å². The van der Waals surface area contributed by atoms with Crippen molar-refractivity contribution in [1.82, 2.24) is 19.6 Å². The first-order valence-corrected chi connectivity index (χ1v) is 10.6. The molecule has 0 saturated heterocycles. The first kappa shape index (κ1) is 20.6. The second-order valence-electron chi connectivity index (χ2n) is 8.12. The van der Waals surface area contributed by atoms with Crippen molar-refractivity contribution in [3.63, 3.8) is 0 Å². The summed E-state index contributed by atoms with van der Waals surface area (Å²) in [5.74, 6) is 1.12. The number of aromatic nitrogens is 4. The quantitative estimate of drug-likeness (QED) is 0.464. The molecular formula is C24H22N6O3. The molecule has 1 aliphatic rings. The average molecular weight is 442 g/mol. The number of aryl methyl sites for hydroxylation is 2. The standard InChI is InChI=1S/C24H22N6O3/c1-14-9-10-25-19(11-14)24(32)26-18-12-17(6-3-15(18)2)33-22-8-7-21-27-20(13-30(21)29-22)28-23(31)16-4-5-16/h3,6-13,16H,4-5H2,1-2H3,(H,26,32)(H,28,31). The summed E-state index contributed by atoms with van der Waals surface area (Å²) in [5.41, 5.74) is 3.40. The molecule has 3 heterocycles.